The molecule has 0 spiro atoms. The van der Waals surface area contributed by atoms with E-state index in [2.05, 4.69) is 28.8 Å². The van der Waals surface area contributed by atoms with E-state index in [0.29, 0.717) is 11.8 Å². The van der Waals surface area contributed by atoms with Crippen molar-refractivity contribution in [3.8, 4) is 17.1 Å². The highest BCUT2D eigenvalue weighted by Gasteiger charge is 2.14. The SMILES string of the molecule is CCN(CC)c1nc(N)nc(-c2cc(C)ccc2OC)n1. The summed E-state index contributed by atoms with van der Waals surface area (Å²) < 4.78 is 5.39. The van der Waals surface area contributed by atoms with Crippen molar-refractivity contribution in [1.82, 2.24) is 15.0 Å². The molecule has 0 aliphatic heterocycles. The first-order valence-corrected chi connectivity index (χ1v) is 7.00. The Bertz CT molecular complexity index is 625. The average Bonchev–Trinajstić information content (AvgIpc) is 2.48. The molecule has 0 fully saturated rings. The third kappa shape index (κ3) is 3.21. The van der Waals surface area contributed by atoms with Crippen LogP contribution in [0, 0.1) is 6.92 Å². The summed E-state index contributed by atoms with van der Waals surface area (Å²) in [5, 5.41) is 0. The molecule has 2 N–H and O–H groups in total. The maximum Gasteiger partial charge on any atom is 0.230 e. The van der Waals surface area contributed by atoms with Crippen molar-refractivity contribution in [2.75, 3.05) is 30.8 Å². The minimum absolute atomic E-state index is 0.213. The van der Waals surface area contributed by atoms with Crippen LogP contribution in [0.5, 0.6) is 5.75 Å². The molecule has 0 saturated heterocycles. The lowest BCUT2D eigenvalue weighted by Crippen LogP contribution is -2.25. The number of nitrogens with two attached hydrogens (primary N) is 1. The minimum Gasteiger partial charge on any atom is -0.496 e. The summed E-state index contributed by atoms with van der Waals surface area (Å²) in [5.74, 6) is 2.05. The first-order valence-electron chi connectivity index (χ1n) is 7.00. The summed E-state index contributed by atoms with van der Waals surface area (Å²) in [5.41, 5.74) is 7.77. The second-order valence-electron chi connectivity index (χ2n) is 4.69. The molecule has 0 aliphatic rings. The van der Waals surface area contributed by atoms with Gasteiger partial charge in [-0.2, -0.15) is 15.0 Å². The van der Waals surface area contributed by atoms with Gasteiger partial charge in [0.2, 0.25) is 11.9 Å². The fraction of sp³-hybridized carbons (Fsp3) is 0.400. The van der Waals surface area contributed by atoms with Gasteiger partial charge in [0.15, 0.2) is 5.82 Å². The maximum atomic E-state index is 5.84. The number of hydrogen-bond donors (Lipinski definition) is 1. The molecule has 0 saturated carbocycles. The van der Waals surface area contributed by atoms with Crippen molar-refractivity contribution in [3.63, 3.8) is 0 Å². The fourth-order valence-corrected chi connectivity index (χ4v) is 2.15. The van der Waals surface area contributed by atoms with Crippen LogP contribution in [-0.4, -0.2) is 35.2 Å². The smallest absolute Gasteiger partial charge is 0.230 e. The van der Waals surface area contributed by atoms with E-state index in [4.69, 9.17) is 10.5 Å². The maximum absolute atomic E-state index is 5.84. The number of benzene rings is 1. The largest absolute Gasteiger partial charge is 0.496 e. The lowest BCUT2D eigenvalue weighted by molar-refractivity contribution is 0.416. The monoisotopic (exact) mass is 287 g/mol. The zero-order chi connectivity index (χ0) is 15.4. The van der Waals surface area contributed by atoms with Crippen molar-refractivity contribution < 1.29 is 4.74 Å². The zero-order valence-corrected chi connectivity index (χ0v) is 12.9. The Morgan fingerprint density at radius 3 is 2.48 bits per heavy atom. The quantitative estimate of drug-likeness (QED) is 0.909. The molecule has 0 amide bonds. The molecule has 0 radical (unpaired) electrons. The number of anilines is 2. The summed E-state index contributed by atoms with van der Waals surface area (Å²) in [6.07, 6.45) is 0. The van der Waals surface area contributed by atoms with Gasteiger partial charge in [0.1, 0.15) is 5.75 Å². The van der Waals surface area contributed by atoms with E-state index in [1.54, 1.807) is 7.11 Å². The van der Waals surface area contributed by atoms with Gasteiger partial charge in [0.05, 0.1) is 12.7 Å². The minimum atomic E-state index is 0.213. The summed E-state index contributed by atoms with van der Waals surface area (Å²) in [4.78, 5) is 15.0. The molecule has 6 nitrogen and oxygen atoms in total. The Kier molecular flexibility index (Phi) is 4.57. The fourth-order valence-electron chi connectivity index (χ4n) is 2.15. The van der Waals surface area contributed by atoms with Gasteiger partial charge in [0.25, 0.3) is 0 Å². The van der Waals surface area contributed by atoms with Crippen LogP contribution in [-0.2, 0) is 0 Å². The molecule has 112 valence electrons. The van der Waals surface area contributed by atoms with Gasteiger partial charge in [-0.1, -0.05) is 11.6 Å². The number of hydrogen-bond acceptors (Lipinski definition) is 6. The predicted octanol–water partition coefficient (Wildman–Crippen LogP) is 2.28. The van der Waals surface area contributed by atoms with Crippen LogP contribution in [0.1, 0.15) is 19.4 Å². The first-order chi connectivity index (χ1) is 10.1. The summed E-state index contributed by atoms with van der Waals surface area (Å²) >= 11 is 0. The first kappa shape index (κ1) is 15.0. The molecule has 6 heteroatoms. The van der Waals surface area contributed by atoms with Crippen LogP contribution in [0.2, 0.25) is 0 Å². The molecule has 0 aliphatic carbocycles. The van der Waals surface area contributed by atoms with Gasteiger partial charge in [-0.25, -0.2) is 0 Å². The molecule has 1 heterocycles. The molecule has 1 aromatic heterocycles. The number of methoxy groups -OCH3 is 1. The second kappa shape index (κ2) is 6.39. The lowest BCUT2D eigenvalue weighted by atomic mass is 10.1. The standard InChI is InChI=1S/C15H21N5O/c1-5-20(6-2)15-18-13(17-14(16)19-15)11-9-10(3)7-8-12(11)21-4/h7-9H,5-6H2,1-4H3,(H2,16,17,18,19). The molecule has 1 aromatic carbocycles. The number of ether oxygens (including phenoxy) is 1. The molecule has 0 unspecified atom stereocenters. The Labute approximate surface area is 125 Å². The highest BCUT2D eigenvalue weighted by Crippen LogP contribution is 2.29. The van der Waals surface area contributed by atoms with E-state index in [1.807, 2.05) is 30.0 Å². The zero-order valence-electron chi connectivity index (χ0n) is 12.9. The highest BCUT2D eigenvalue weighted by molar-refractivity contribution is 5.66. The third-order valence-corrected chi connectivity index (χ3v) is 3.28. The number of rotatable bonds is 5. The third-order valence-electron chi connectivity index (χ3n) is 3.28. The molecule has 0 bridgehead atoms. The van der Waals surface area contributed by atoms with Crippen LogP contribution < -0.4 is 15.4 Å². The van der Waals surface area contributed by atoms with Gasteiger partial charge in [-0.15, -0.1) is 0 Å². The number of nitrogen functional groups attached to an aromatic ring is 1. The van der Waals surface area contributed by atoms with Crippen LogP contribution in [0.15, 0.2) is 18.2 Å². The molecule has 21 heavy (non-hydrogen) atoms. The van der Waals surface area contributed by atoms with Gasteiger partial charge in [-0.3, -0.25) is 0 Å². The molecule has 2 rings (SSSR count). The van der Waals surface area contributed by atoms with Crippen molar-refractivity contribution in [3.05, 3.63) is 23.8 Å². The number of aromatic nitrogens is 3. The van der Waals surface area contributed by atoms with Gasteiger partial charge < -0.3 is 15.4 Å². The summed E-state index contributed by atoms with van der Waals surface area (Å²) in [7, 11) is 1.63. The summed E-state index contributed by atoms with van der Waals surface area (Å²) in [6, 6.07) is 5.87. The van der Waals surface area contributed by atoms with E-state index < -0.39 is 0 Å². The lowest BCUT2D eigenvalue weighted by Gasteiger charge is -2.19. The number of nitrogens with zero attached hydrogens (tertiary/aromatic N) is 4. The number of aryl methyl sites for hydroxylation is 1. The Morgan fingerprint density at radius 2 is 1.86 bits per heavy atom. The molecular weight excluding hydrogens is 266 g/mol. The molecule has 2 aromatic rings. The normalized spacial score (nSPS) is 10.5. The second-order valence-corrected chi connectivity index (χ2v) is 4.69. The van der Waals surface area contributed by atoms with Crippen molar-refractivity contribution in [1.29, 1.82) is 0 Å². The van der Waals surface area contributed by atoms with Gasteiger partial charge in [-0.05, 0) is 32.9 Å². The topological polar surface area (TPSA) is 77.2 Å². The molecular formula is C15H21N5O. The van der Waals surface area contributed by atoms with Crippen LogP contribution >= 0.6 is 0 Å². The van der Waals surface area contributed by atoms with E-state index in [9.17, 15) is 0 Å². The Morgan fingerprint density at radius 1 is 1.14 bits per heavy atom. The van der Waals surface area contributed by atoms with E-state index in [-0.39, 0.29) is 5.95 Å². The van der Waals surface area contributed by atoms with Crippen LogP contribution in [0.4, 0.5) is 11.9 Å². The van der Waals surface area contributed by atoms with Crippen molar-refractivity contribution in [2.45, 2.75) is 20.8 Å². The summed E-state index contributed by atoms with van der Waals surface area (Å²) in [6.45, 7) is 7.74. The van der Waals surface area contributed by atoms with Crippen LogP contribution in [0.3, 0.4) is 0 Å². The van der Waals surface area contributed by atoms with Crippen LogP contribution in [0.25, 0.3) is 11.4 Å². The highest BCUT2D eigenvalue weighted by atomic mass is 16.5. The Balaban J connectivity index is 2.56. The van der Waals surface area contributed by atoms with E-state index in [1.165, 1.54) is 0 Å². The average molecular weight is 287 g/mol. The van der Waals surface area contributed by atoms with Gasteiger partial charge in [0, 0.05) is 13.1 Å². The van der Waals surface area contributed by atoms with E-state index >= 15 is 0 Å². The van der Waals surface area contributed by atoms with E-state index in [0.717, 1.165) is 30.0 Å². The predicted molar refractivity (Wildman–Crippen MR) is 84.5 cm³/mol. The van der Waals surface area contributed by atoms with Crippen molar-refractivity contribution in [2.24, 2.45) is 0 Å². The van der Waals surface area contributed by atoms with Crippen molar-refractivity contribution >= 4 is 11.9 Å². The van der Waals surface area contributed by atoms with Gasteiger partial charge >= 0.3 is 0 Å². The molecule has 0 atom stereocenters. The Hall–Kier alpha value is -2.37.